The van der Waals surface area contributed by atoms with E-state index in [1.165, 1.54) is 12.8 Å². The number of primary amides is 1. The maximum Gasteiger partial charge on any atom is 0.321 e. The van der Waals surface area contributed by atoms with Gasteiger partial charge in [0.25, 0.3) is 0 Å². The molecule has 3 N–H and O–H groups in total. The highest BCUT2D eigenvalue weighted by molar-refractivity contribution is 5.89. The Bertz CT molecular complexity index is 600. The van der Waals surface area contributed by atoms with Gasteiger partial charge in [-0.25, -0.2) is 9.78 Å². The predicted molar refractivity (Wildman–Crippen MR) is 96.5 cm³/mol. The quantitative estimate of drug-likeness (QED) is 0.837. The van der Waals surface area contributed by atoms with E-state index in [-0.39, 0.29) is 18.5 Å². The normalized spacial score (nSPS) is 18.9. The third-order valence-corrected chi connectivity index (χ3v) is 4.68. The maximum absolute atomic E-state index is 12.5. The first-order valence-corrected chi connectivity index (χ1v) is 8.89. The molecule has 8 heteroatoms. The van der Waals surface area contributed by atoms with E-state index < -0.39 is 0 Å². The van der Waals surface area contributed by atoms with Crippen LogP contribution in [0.5, 0.6) is 0 Å². The van der Waals surface area contributed by atoms with Crippen molar-refractivity contribution in [3.05, 3.63) is 18.3 Å². The molecule has 3 amide bonds. The van der Waals surface area contributed by atoms with Crippen molar-refractivity contribution in [1.82, 2.24) is 14.8 Å². The minimum atomic E-state index is -0.331. The second kappa shape index (κ2) is 8.15. The number of nitrogens with one attached hydrogen (secondary N) is 1. The van der Waals surface area contributed by atoms with E-state index in [0.29, 0.717) is 25.3 Å². The molecule has 0 spiro atoms. The first-order chi connectivity index (χ1) is 12.1. The van der Waals surface area contributed by atoms with Gasteiger partial charge in [-0.1, -0.05) is 0 Å². The highest BCUT2D eigenvalue weighted by atomic mass is 16.2. The monoisotopic (exact) mass is 346 g/mol. The maximum atomic E-state index is 12.5. The first kappa shape index (κ1) is 17.5. The number of rotatable bonds is 4. The van der Waals surface area contributed by atoms with Gasteiger partial charge in [-0.15, -0.1) is 0 Å². The first-order valence-electron chi connectivity index (χ1n) is 8.89. The molecule has 1 aromatic rings. The van der Waals surface area contributed by atoms with E-state index in [1.54, 1.807) is 11.1 Å². The van der Waals surface area contributed by atoms with Crippen LogP contribution in [0.25, 0.3) is 0 Å². The fourth-order valence-corrected chi connectivity index (χ4v) is 3.35. The van der Waals surface area contributed by atoms with Crippen LogP contribution in [0.1, 0.15) is 19.3 Å². The lowest BCUT2D eigenvalue weighted by Gasteiger charge is -2.22. The van der Waals surface area contributed by atoms with E-state index in [1.807, 2.05) is 17.0 Å². The minimum Gasteiger partial charge on any atom is -0.369 e. The summed E-state index contributed by atoms with van der Waals surface area (Å²) in [6.07, 6.45) is 4.96. The molecule has 2 aliphatic rings. The van der Waals surface area contributed by atoms with Crippen LogP contribution < -0.4 is 16.0 Å². The zero-order valence-corrected chi connectivity index (χ0v) is 14.5. The summed E-state index contributed by atoms with van der Waals surface area (Å²) in [5.41, 5.74) is 5.94. The largest absolute Gasteiger partial charge is 0.369 e. The van der Waals surface area contributed by atoms with Crippen molar-refractivity contribution < 1.29 is 9.59 Å². The Labute approximate surface area is 148 Å². The van der Waals surface area contributed by atoms with E-state index in [9.17, 15) is 9.59 Å². The van der Waals surface area contributed by atoms with Crippen molar-refractivity contribution in [2.45, 2.75) is 19.3 Å². The molecule has 0 aromatic carbocycles. The SMILES string of the molecule is NC(=O)CN1CCCN(C(=O)Nc2ccc(N3CCCC3)nc2)CC1. The average molecular weight is 346 g/mol. The number of carbonyl (C=O) groups is 2. The molecule has 2 fully saturated rings. The molecule has 25 heavy (non-hydrogen) atoms. The number of urea groups is 1. The third-order valence-electron chi connectivity index (χ3n) is 4.68. The van der Waals surface area contributed by atoms with Crippen molar-refractivity contribution in [3.63, 3.8) is 0 Å². The van der Waals surface area contributed by atoms with Gasteiger partial charge in [0.15, 0.2) is 0 Å². The lowest BCUT2D eigenvalue weighted by atomic mass is 10.3. The molecule has 0 saturated carbocycles. The third kappa shape index (κ3) is 4.82. The highest BCUT2D eigenvalue weighted by Gasteiger charge is 2.20. The van der Waals surface area contributed by atoms with Gasteiger partial charge < -0.3 is 20.9 Å². The molecular formula is C17H26N6O2. The summed E-state index contributed by atoms with van der Waals surface area (Å²) in [5.74, 6) is 0.634. The Morgan fingerprint density at radius 2 is 1.84 bits per heavy atom. The molecule has 0 aliphatic carbocycles. The number of hydrogen-bond acceptors (Lipinski definition) is 5. The summed E-state index contributed by atoms with van der Waals surface area (Å²) in [5, 5.41) is 2.91. The summed E-state index contributed by atoms with van der Waals surface area (Å²) >= 11 is 0. The second-order valence-corrected chi connectivity index (χ2v) is 6.61. The molecule has 0 radical (unpaired) electrons. The summed E-state index contributed by atoms with van der Waals surface area (Å²) in [6, 6.07) is 3.73. The highest BCUT2D eigenvalue weighted by Crippen LogP contribution is 2.19. The minimum absolute atomic E-state index is 0.128. The molecule has 2 aliphatic heterocycles. The van der Waals surface area contributed by atoms with Crippen molar-refractivity contribution in [1.29, 1.82) is 0 Å². The van der Waals surface area contributed by atoms with Crippen LogP contribution in [-0.4, -0.2) is 72.5 Å². The Balaban J connectivity index is 1.52. The number of hydrogen-bond donors (Lipinski definition) is 2. The predicted octanol–water partition coefficient (Wildman–Crippen LogP) is 0.707. The van der Waals surface area contributed by atoms with Crippen LogP contribution in [-0.2, 0) is 4.79 Å². The van der Waals surface area contributed by atoms with Crippen molar-refractivity contribution in [2.24, 2.45) is 5.73 Å². The standard InChI is InChI=1S/C17H26N6O2/c18-15(24)13-21-6-3-9-23(11-10-21)17(25)20-14-4-5-16(19-12-14)22-7-1-2-8-22/h4-5,12H,1-3,6-11,13H2,(H2,18,24)(H,20,25). The number of carbonyl (C=O) groups excluding carboxylic acids is 2. The van der Waals surface area contributed by atoms with Gasteiger partial charge >= 0.3 is 6.03 Å². The Hall–Kier alpha value is -2.35. The lowest BCUT2D eigenvalue weighted by molar-refractivity contribution is -0.119. The van der Waals surface area contributed by atoms with Gasteiger partial charge in [0.2, 0.25) is 5.91 Å². The van der Waals surface area contributed by atoms with Crippen LogP contribution in [0.2, 0.25) is 0 Å². The van der Waals surface area contributed by atoms with Gasteiger partial charge in [0.1, 0.15) is 5.82 Å². The topological polar surface area (TPSA) is 94.8 Å². The summed E-state index contributed by atoms with van der Waals surface area (Å²) in [6.45, 7) is 5.03. The fraction of sp³-hybridized carbons (Fsp3) is 0.588. The summed E-state index contributed by atoms with van der Waals surface area (Å²) in [4.78, 5) is 34.0. The van der Waals surface area contributed by atoms with Gasteiger partial charge in [0.05, 0.1) is 18.4 Å². The van der Waals surface area contributed by atoms with Crippen LogP contribution in [0.15, 0.2) is 18.3 Å². The van der Waals surface area contributed by atoms with E-state index in [0.717, 1.165) is 31.9 Å². The number of nitrogens with zero attached hydrogens (tertiary/aromatic N) is 4. The zero-order valence-electron chi connectivity index (χ0n) is 14.5. The van der Waals surface area contributed by atoms with Crippen molar-refractivity contribution >= 4 is 23.4 Å². The Kier molecular flexibility index (Phi) is 5.70. The Morgan fingerprint density at radius 1 is 1.04 bits per heavy atom. The fourth-order valence-electron chi connectivity index (χ4n) is 3.35. The van der Waals surface area contributed by atoms with Gasteiger partial charge in [-0.3, -0.25) is 9.69 Å². The molecular weight excluding hydrogens is 320 g/mol. The summed E-state index contributed by atoms with van der Waals surface area (Å²) < 4.78 is 0. The average Bonchev–Trinajstić information content (AvgIpc) is 3.02. The van der Waals surface area contributed by atoms with Crippen molar-refractivity contribution in [2.75, 3.05) is 56.0 Å². The molecule has 3 rings (SSSR count). The van der Waals surface area contributed by atoms with Crippen LogP contribution >= 0.6 is 0 Å². The number of nitrogens with two attached hydrogens (primary N) is 1. The van der Waals surface area contributed by atoms with Gasteiger partial charge in [-0.2, -0.15) is 0 Å². The number of aromatic nitrogens is 1. The van der Waals surface area contributed by atoms with E-state index in [2.05, 4.69) is 15.2 Å². The smallest absolute Gasteiger partial charge is 0.321 e. The number of anilines is 2. The van der Waals surface area contributed by atoms with Crippen molar-refractivity contribution in [3.8, 4) is 0 Å². The molecule has 136 valence electrons. The van der Waals surface area contributed by atoms with Gasteiger partial charge in [-0.05, 0) is 31.4 Å². The molecule has 2 saturated heterocycles. The van der Waals surface area contributed by atoms with Crippen LogP contribution in [0.4, 0.5) is 16.3 Å². The van der Waals surface area contributed by atoms with E-state index >= 15 is 0 Å². The molecule has 0 atom stereocenters. The van der Waals surface area contributed by atoms with Gasteiger partial charge in [0, 0.05) is 39.3 Å². The van der Waals surface area contributed by atoms with E-state index in [4.69, 9.17) is 5.73 Å². The molecule has 0 unspecified atom stereocenters. The number of amides is 3. The second-order valence-electron chi connectivity index (χ2n) is 6.61. The molecule has 0 bridgehead atoms. The lowest BCUT2D eigenvalue weighted by Crippen LogP contribution is -2.39. The number of pyridine rings is 1. The molecule has 1 aromatic heterocycles. The van der Waals surface area contributed by atoms with Crippen LogP contribution in [0.3, 0.4) is 0 Å². The molecule has 8 nitrogen and oxygen atoms in total. The Morgan fingerprint density at radius 3 is 2.52 bits per heavy atom. The van der Waals surface area contributed by atoms with Crippen LogP contribution in [0, 0.1) is 0 Å². The summed E-state index contributed by atoms with van der Waals surface area (Å²) in [7, 11) is 0. The zero-order chi connectivity index (χ0) is 17.6. The molecule has 3 heterocycles.